The number of carbonyl (C=O) groups is 1. The van der Waals surface area contributed by atoms with Crippen molar-refractivity contribution < 1.29 is 27.4 Å². The van der Waals surface area contributed by atoms with Crippen molar-refractivity contribution in [3.05, 3.63) is 123 Å². The van der Waals surface area contributed by atoms with Gasteiger partial charge in [0, 0.05) is 98.1 Å². The van der Waals surface area contributed by atoms with Gasteiger partial charge in [0.1, 0.15) is 17.1 Å². The molecule has 3 aromatic carbocycles. The molecule has 65 heavy (non-hydrogen) atoms. The van der Waals surface area contributed by atoms with E-state index in [2.05, 4.69) is 55.4 Å². The van der Waals surface area contributed by atoms with Crippen LogP contribution in [0.3, 0.4) is 0 Å². The van der Waals surface area contributed by atoms with Crippen LogP contribution in [-0.2, 0) is 21.0 Å². The number of aromatic nitrogens is 2. The van der Waals surface area contributed by atoms with Gasteiger partial charge >= 0.3 is 0 Å². The lowest BCUT2D eigenvalue weighted by Crippen LogP contribution is -2.47. The molecule has 2 N–H and O–H groups in total. The van der Waals surface area contributed by atoms with E-state index in [0.29, 0.717) is 42.1 Å². The summed E-state index contributed by atoms with van der Waals surface area (Å²) in [5.41, 5.74) is 5.85. The third-order valence-electron chi connectivity index (χ3n) is 13.1. The van der Waals surface area contributed by atoms with Crippen LogP contribution in [-0.4, -0.2) is 110 Å². The maximum Gasteiger partial charge on any atom is 0.273 e. The fraction of sp³-hybridized carbons (Fsp3) is 0.417. The molecule has 344 valence electrons. The zero-order valence-corrected chi connectivity index (χ0v) is 39.7. The van der Waals surface area contributed by atoms with Gasteiger partial charge in [-0.05, 0) is 111 Å². The molecule has 0 atom stereocenters. The standard InChI is InChI=1S/C48H57ClN7O7PS/c1-48(2)17-15-37(43(31-48)34-7-10-38(49)11-8-34)33-54-20-22-55(23-21-54)39-12-14-42(45(29-39)63-40-28-36-16-18-50-46(36)51-32-40)47(57)52-65(61,62)41-13-9-35(44(30-41)56(58)59)6-4-5-19-53-24-26-64(3,60)27-25-53/h7-14,16,18,28-30,32H,4-6,15,17,19-27,31,33H2,1-3H3,(H,50,51)(H,52,57). The highest BCUT2D eigenvalue weighted by atomic mass is 35.5. The molecule has 0 radical (unpaired) electrons. The van der Waals surface area contributed by atoms with Crippen molar-refractivity contribution >= 4 is 62.7 Å². The van der Waals surface area contributed by atoms with Gasteiger partial charge in [-0.2, -0.15) is 0 Å². The molecule has 0 saturated carbocycles. The maximum absolute atomic E-state index is 14.0. The van der Waals surface area contributed by atoms with Crippen LogP contribution >= 0.6 is 18.7 Å². The van der Waals surface area contributed by atoms with E-state index in [0.717, 1.165) is 100 Å². The number of hydrogen-bond donors (Lipinski definition) is 2. The molecule has 4 heterocycles. The predicted molar refractivity (Wildman–Crippen MR) is 258 cm³/mol. The number of ether oxygens (including phenoxy) is 1. The van der Waals surface area contributed by atoms with E-state index in [4.69, 9.17) is 16.3 Å². The number of piperazine rings is 1. The molecule has 2 fully saturated rings. The molecular weight excluding hydrogens is 885 g/mol. The highest BCUT2D eigenvalue weighted by Gasteiger charge is 2.31. The zero-order valence-electron chi connectivity index (χ0n) is 37.2. The number of carbonyl (C=O) groups excluding carboxylic acids is 1. The fourth-order valence-corrected chi connectivity index (χ4v) is 11.9. The number of nitro benzene ring substituents is 1. The minimum atomic E-state index is -4.55. The second-order valence-corrected chi connectivity index (χ2v) is 24.2. The second kappa shape index (κ2) is 19.4. The molecule has 14 nitrogen and oxygen atoms in total. The molecule has 1 amide bonds. The van der Waals surface area contributed by atoms with Gasteiger partial charge in [-0.25, -0.2) is 18.1 Å². The van der Waals surface area contributed by atoms with Crippen LogP contribution < -0.4 is 14.4 Å². The number of aryl methyl sites for hydroxylation is 1. The predicted octanol–water partition coefficient (Wildman–Crippen LogP) is 9.45. The van der Waals surface area contributed by atoms with Gasteiger partial charge in [-0.15, -0.1) is 0 Å². The minimum absolute atomic E-state index is 0.0337. The normalized spacial score (nSPS) is 18.2. The quantitative estimate of drug-likeness (QED) is 0.0444. The Morgan fingerprint density at radius 1 is 0.969 bits per heavy atom. The van der Waals surface area contributed by atoms with Crippen LogP contribution in [0.25, 0.3) is 16.6 Å². The Labute approximate surface area is 386 Å². The van der Waals surface area contributed by atoms with Crippen molar-refractivity contribution in [3.8, 4) is 11.5 Å². The molecule has 3 aliphatic rings. The summed E-state index contributed by atoms with van der Waals surface area (Å²) < 4.78 is 48.3. The smallest absolute Gasteiger partial charge is 0.273 e. The first-order valence-corrected chi connectivity index (χ1v) is 26.7. The van der Waals surface area contributed by atoms with Crippen molar-refractivity contribution in [1.82, 2.24) is 24.5 Å². The molecular formula is C48H57ClN7O7PS. The van der Waals surface area contributed by atoms with E-state index >= 15 is 0 Å². The van der Waals surface area contributed by atoms with Crippen molar-refractivity contribution in [1.29, 1.82) is 0 Å². The topological polar surface area (TPSA) is 171 Å². The second-order valence-electron chi connectivity index (χ2n) is 18.6. The van der Waals surface area contributed by atoms with Gasteiger partial charge in [0.2, 0.25) is 0 Å². The Bertz CT molecular complexity index is 2760. The summed E-state index contributed by atoms with van der Waals surface area (Å²) in [6, 6.07) is 20.6. The Kier molecular flexibility index (Phi) is 13.9. The lowest BCUT2D eigenvalue weighted by atomic mass is 9.72. The fourth-order valence-electron chi connectivity index (χ4n) is 9.11. The van der Waals surface area contributed by atoms with E-state index in [1.54, 1.807) is 30.5 Å². The Morgan fingerprint density at radius 2 is 1.72 bits per heavy atom. The number of hydrogen-bond acceptors (Lipinski definition) is 11. The summed E-state index contributed by atoms with van der Waals surface area (Å²) in [7, 11) is -6.58. The van der Waals surface area contributed by atoms with Crippen molar-refractivity contribution in [3.63, 3.8) is 0 Å². The third kappa shape index (κ3) is 11.5. The number of rotatable bonds is 15. The number of nitrogens with one attached hydrogen (secondary N) is 2. The average molecular weight is 943 g/mol. The first-order chi connectivity index (χ1) is 31.0. The van der Waals surface area contributed by atoms with Crippen LogP contribution in [0.1, 0.15) is 67.4 Å². The van der Waals surface area contributed by atoms with E-state index in [-0.39, 0.29) is 22.4 Å². The number of unbranched alkanes of at least 4 members (excludes halogenated alkanes) is 1. The highest BCUT2D eigenvalue weighted by molar-refractivity contribution is 7.90. The van der Waals surface area contributed by atoms with Gasteiger partial charge in [0.05, 0.1) is 28.7 Å². The Morgan fingerprint density at radius 3 is 2.46 bits per heavy atom. The molecule has 17 heteroatoms. The van der Waals surface area contributed by atoms with Crippen LogP contribution in [0.5, 0.6) is 11.5 Å². The number of H-pyrrole nitrogens is 1. The summed E-state index contributed by atoms with van der Waals surface area (Å²) in [5, 5.41) is 13.7. The van der Waals surface area contributed by atoms with Crippen LogP contribution in [0.2, 0.25) is 5.02 Å². The number of amides is 1. The molecule has 1 aliphatic carbocycles. The van der Waals surface area contributed by atoms with E-state index in [1.165, 1.54) is 35.0 Å². The number of pyridine rings is 1. The van der Waals surface area contributed by atoms with Crippen LogP contribution in [0.15, 0.2) is 95.7 Å². The third-order valence-corrected chi connectivity index (χ3v) is 17.0. The molecule has 5 aromatic rings. The molecule has 0 bridgehead atoms. The van der Waals surface area contributed by atoms with Crippen LogP contribution in [0, 0.1) is 15.5 Å². The summed E-state index contributed by atoms with van der Waals surface area (Å²) in [6.07, 6.45) is 9.73. The number of nitro groups is 1. The van der Waals surface area contributed by atoms with Gasteiger partial charge in [-0.3, -0.25) is 19.8 Å². The van der Waals surface area contributed by atoms with E-state index in [9.17, 15) is 27.9 Å². The summed E-state index contributed by atoms with van der Waals surface area (Å²) in [4.78, 5) is 39.6. The maximum atomic E-state index is 14.0. The van der Waals surface area contributed by atoms with Gasteiger partial charge in [0.25, 0.3) is 21.6 Å². The van der Waals surface area contributed by atoms with Gasteiger partial charge in [0.15, 0.2) is 0 Å². The number of nitrogens with zero attached hydrogens (tertiary/aromatic N) is 5. The Balaban J connectivity index is 0.968. The zero-order chi connectivity index (χ0) is 45.9. The first kappa shape index (κ1) is 46.5. The molecule has 8 rings (SSSR count). The van der Waals surface area contributed by atoms with Crippen LogP contribution in [0.4, 0.5) is 11.4 Å². The van der Waals surface area contributed by atoms with E-state index in [1.807, 2.05) is 24.9 Å². The number of anilines is 1. The number of halogens is 1. The lowest BCUT2D eigenvalue weighted by molar-refractivity contribution is -0.385. The SMILES string of the molecule is CC1(C)CCC(CN2CCN(c3ccc(C(=O)NS(=O)(=O)c4ccc(CCCCN5CCP(C)(=O)CC5)c([N+](=O)[O-])c4)c(Oc4cnc5[nH]ccc5c4)c3)CC2)=C(c2ccc(Cl)cc2)C1. The molecule has 2 saturated heterocycles. The molecule has 0 unspecified atom stereocenters. The van der Waals surface area contributed by atoms with E-state index < -0.39 is 32.9 Å². The number of sulfonamides is 1. The van der Waals surface area contributed by atoms with Crippen molar-refractivity contribution in [2.45, 2.75) is 57.3 Å². The van der Waals surface area contributed by atoms with Crippen molar-refractivity contribution in [2.75, 3.05) is 76.2 Å². The average Bonchev–Trinajstić information content (AvgIpc) is 3.75. The molecule has 2 aromatic heterocycles. The number of fused-ring (bicyclic) bond motifs is 1. The summed E-state index contributed by atoms with van der Waals surface area (Å²) in [5.74, 6) is -0.465. The number of aromatic amines is 1. The molecule has 2 aliphatic heterocycles. The minimum Gasteiger partial charge on any atom is -0.455 e. The number of benzene rings is 3. The monoisotopic (exact) mass is 941 g/mol. The van der Waals surface area contributed by atoms with Gasteiger partial charge < -0.3 is 24.1 Å². The largest absolute Gasteiger partial charge is 0.455 e. The number of allylic oxidation sites excluding steroid dienone is 1. The summed E-state index contributed by atoms with van der Waals surface area (Å²) in [6.45, 7) is 12.9. The summed E-state index contributed by atoms with van der Waals surface area (Å²) >= 11 is 6.25. The highest BCUT2D eigenvalue weighted by Crippen LogP contribution is 2.44. The van der Waals surface area contributed by atoms with Crippen molar-refractivity contribution in [2.24, 2.45) is 5.41 Å². The molecule has 0 spiro atoms. The lowest BCUT2D eigenvalue weighted by Gasteiger charge is -2.39. The first-order valence-electron chi connectivity index (χ1n) is 22.3. The van der Waals surface area contributed by atoms with Gasteiger partial charge in [-0.1, -0.05) is 49.2 Å². The Hall–Kier alpha value is -5.05.